The van der Waals surface area contributed by atoms with E-state index in [-0.39, 0.29) is 6.03 Å². The number of benzene rings is 1. The summed E-state index contributed by atoms with van der Waals surface area (Å²) >= 11 is 0. The van der Waals surface area contributed by atoms with Crippen molar-refractivity contribution in [1.29, 1.82) is 0 Å². The van der Waals surface area contributed by atoms with Gasteiger partial charge < -0.3 is 15.1 Å². The third-order valence-electron chi connectivity index (χ3n) is 5.67. The molecule has 25 heavy (non-hydrogen) atoms. The molecule has 0 spiro atoms. The molecule has 1 aromatic rings. The third kappa shape index (κ3) is 5.21. The third-order valence-corrected chi connectivity index (χ3v) is 5.67. The molecule has 2 aliphatic heterocycles. The van der Waals surface area contributed by atoms with Crippen molar-refractivity contribution >= 4 is 11.7 Å². The molecular weight excluding hydrogens is 310 g/mol. The normalized spacial score (nSPS) is 25.8. The number of anilines is 1. The molecule has 2 fully saturated rings. The van der Waals surface area contributed by atoms with Crippen LogP contribution in [0.1, 0.15) is 38.7 Å². The average Bonchev–Trinajstić information content (AvgIpc) is 2.56. The smallest absolute Gasteiger partial charge is 0.321 e. The van der Waals surface area contributed by atoms with Gasteiger partial charge in [0.15, 0.2) is 0 Å². The van der Waals surface area contributed by atoms with E-state index in [1.807, 2.05) is 29.2 Å². The number of amides is 2. The Morgan fingerprint density at radius 1 is 1.08 bits per heavy atom. The first-order valence-corrected chi connectivity index (χ1v) is 9.84. The van der Waals surface area contributed by atoms with Crippen LogP contribution < -0.4 is 5.32 Å². The maximum atomic E-state index is 12.4. The largest absolute Gasteiger partial charge is 0.325 e. The summed E-state index contributed by atoms with van der Waals surface area (Å²) < 4.78 is 0. The van der Waals surface area contributed by atoms with Gasteiger partial charge in [-0.25, -0.2) is 4.79 Å². The summed E-state index contributed by atoms with van der Waals surface area (Å²) in [5.41, 5.74) is 2.09. The number of likely N-dealkylation sites (tertiary alicyclic amines) is 2. The Hall–Kier alpha value is -1.55. The second-order valence-corrected chi connectivity index (χ2v) is 8.39. The van der Waals surface area contributed by atoms with Crippen LogP contribution in [0.5, 0.6) is 0 Å². The zero-order valence-corrected chi connectivity index (χ0v) is 16.0. The molecule has 2 aliphatic rings. The van der Waals surface area contributed by atoms with Crippen molar-refractivity contribution < 1.29 is 4.79 Å². The SMILES string of the molecule is Cc1ccc(NC(=O)N2CCC(CN3C[C@@H](C)C[C@H](C)C3)CC2)cc1. The van der Waals surface area contributed by atoms with Crippen LogP contribution in [-0.4, -0.2) is 48.6 Å². The van der Waals surface area contributed by atoms with E-state index in [4.69, 9.17) is 0 Å². The second kappa shape index (κ2) is 8.22. The molecular formula is C21H33N3O. The molecule has 0 unspecified atom stereocenters. The van der Waals surface area contributed by atoms with Crippen LogP contribution in [0.4, 0.5) is 10.5 Å². The van der Waals surface area contributed by atoms with Gasteiger partial charge >= 0.3 is 6.03 Å². The minimum Gasteiger partial charge on any atom is -0.325 e. The number of aryl methyl sites for hydroxylation is 1. The lowest BCUT2D eigenvalue weighted by Crippen LogP contribution is -2.46. The highest BCUT2D eigenvalue weighted by atomic mass is 16.2. The summed E-state index contributed by atoms with van der Waals surface area (Å²) in [6, 6.07) is 8.05. The number of nitrogens with one attached hydrogen (secondary N) is 1. The van der Waals surface area contributed by atoms with Crippen molar-refractivity contribution in [3.63, 3.8) is 0 Å². The predicted molar refractivity (Wildman–Crippen MR) is 104 cm³/mol. The minimum absolute atomic E-state index is 0.0440. The number of carbonyl (C=O) groups excluding carboxylic acids is 1. The Bertz CT molecular complexity index is 553. The Morgan fingerprint density at radius 2 is 1.68 bits per heavy atom. The van der Waals surface area contributed by atoms with Crippen LogP contribution in [0.2, 0.25) is 0 Å². The van der Waals surface area contributed by atoms with E-state index < -0.39 is 0 Å². The van der Waals surface area contributed by atoms with Crippen molar-refractivity contribution in [2.45, 2.75) is 40.0 Å². The summed E-state index contributed by atoms with van der Waals surface area (Å²) in [6.07, 6.45) is 3.62. The Morgan fingerprint density at radius 3 is 2.28 bits per heavy atom. The lowest BCUT2D eigenvalue weighted by molar-refractivity contribution is 0.101. The maximum Gasteiger partial charge on any atom is 0.321 e. The van der Waals surface area contributed by atoms with Gasteiger partial charge in [-0.3, -0.25) is 0 Å². The molecule has 4 nitrogen and oxygen atoms in total. The molecule has 1 N–H and O–H groups in total. The molecule has 0 saturated carbocycles. The van der Waals surface area contributed by atoms with Crippen molar-refractivity contribution in [3.8, 4) is 0 Å². The maximum absolute atomic E-state index is 12.4. The lowest BCUT2D eigenvalue weighted by Gasteiger charge is -2.39. The standard InChI is InChI=1S/C21H33N3O/c1-16-4-6-20(7-5-16)22-21(25)24-10-8-19(9-11-24)15-23-13-17(2)12-18(3)14-23/h4-7,17-19H,8-15H2,1-3H3,(H,22,25)/t17-,18-/m0/s1. The summed E-state index contributed by atoms with van der Waals surface area (Å²) in [6.45, 7) is 12.3. The molecule has 2 heterocycles. The first kappa shape index (κ1) is 18.2. The van der Waals surface area contributed by atoms with E-state index in [1.165, 1.54) is 31.6 Å². The highest BCUT2D eigenvalue weighted by Gasteiger charge is 2.27. The molecule has 138 valence electrons. The van der Waals surface area contributed by atoms with E-state index in [1.54, 1.807) is 0 Å². The van der Waals surface area contributed by atoms with E-state index in [9.17, 15) is 4.79 Å². The van der Waals surface area contributed by atoms with E-state index in [2.05, 4.69) is 31.0 Å². The van der Waals surface area contributed by atoms with Gasteiger partial charge in [-0.15, -0.1) is 0 Å². The first-order chi connectivity index (χ1) is 12.0. The van der Waals surface area contributed by atoms with E-state index in [0.717, 1.165) is 49.4 Å². The van der Waals surface area contributed by atoms with Gasteiger partial charge in [0.05, 0.1) is 0 Å². The molecule has 2 saturated heterocycles. The summed E-state index contributed by atoms with van der Waals surface area (Å²) in [7, 11) is 0. The summed E-state index contributed by atoms with van der Waals surface area (Å²) in [4.78, 5) is 17.1. The van der Waals surface area contributed by atoms with Crippen LogP contribution in [0.15, 0.2) is 24.3 Å². The van der Waals surface area contributed by atoms with Gasteiger partial charge in [0.25, 0.3) is 0 Å². The molecule has 0 aliphatic carbocycles. The number of rotatable bonds is 3. The fourth-order valence-corrected chi connectivity index (χ4v) is 4.46. The number of nitrogens with zero attached hydrogens (tertiary/aromatic N) is 2. The van der Waals surface area contributed by atoms with Gasteiger partial charge in [-0.1, -0.05) is 31.5 Å². The van der Waals surface area contributed by atoms with Crippen molar-refractivity contribution in [1.82, 2.24) is 9.80 Å². The van der Waals surface area contributed by atoms with Crippen molar-refractivity contribution in [3.05, 3.63) is 29.8 Å². The van der Waals surface area contributed by atoms with E-state index >= 15 is 0 Å². The van der Waals surface area contributed by atoms with Crippen LogP contribution in [0, 0.1) is 24.7 Å². The van der Waals surface area contributed by atoms with Gasteiger partial charge in [0.2, 0.25) is 0 Å². The first-order valence-electron chi connectivity index (χ1n) is 9.84. The molecule has 1 aromatic carbocycles. The second-order valence-electron chi connectivity index (χ2n) is 8.39. The quantitative estimate of drug-likeness (QED) is 0.892. The monoisotopic (exact) mass is 343 g/mol. The Labute approximate surface area is 152 Å². The highest BCUT2D eigenvalue weighted by Crippen LogP contribution is 2.25. The lowest BCUT2D eigenvalue weighted by atomic mass is 9.89. The predicted octanol–water partition coefficient (Wildman–Crippen LogP) is 4.22. The van der Waals surface area contributed by atoms with Crippen LogP contribution in [-0.2, 0) is 0 Å². The van der Waals surface area contributed by atoms with Crippen LogP contribution in [0.3, 0.4) is 0 Å². The number of urea groups is 1. The highest BCUT2D eigenvalue weighted by molar-refractivity contribution is 5.89. The zero-order valence-electron chi connectivity index (χ0n) is 16.0. The number of hydrogen-bond donors (Lipinski definition) is 1. The fourth-order valence-electron chi connectivity index (χ4n) is 4.46. The summed E-state index contributed by atoms with van der Waals surface area (Å²) in [5, 5.41) is 3.02. The molecule has 0 bridgehead atoms. The van der Waals surface area contributed by atoms with Gasteiger partial charge in [-0.05, 0) is 56.1 Å². The number of carbonyl (C=O) groups is 1. The molecule has 3 rings (SSSR count). The molecule has 2 atom stereocenters. The van der Waals surface area contributed by atoms with Gasteiger partial charge in [-0.2, -0.15) is 0 Å². The minimum atomic E-state index is 0.0440. The topological polar surface area (TPSA) is 35.6 Å². The van der Waals surface area contributed by atoms with Crippen LogP contribution >= 0.6 is 0 Å². The molecule has 0 radical (unpaired) electrons. The fraction of sp³-hybridized carbons (Fsp3) is 0.667. The zero-order chi connectivity index (χ0) is 17.8. The number of piperidine rings is 2. The van der Waals surface area contributed by atoms with E-state index in [0.29, 0.717) is 0 Å². The van der Waals surface area contributed by atoms with Crippen molar-refractivity contribution in [2.75, 3.05) is 38.0 Å². The molecule has 0 aromatic heterocycles. The van der Waals surface area contributed by atoms with Crippen molar-refractivity contribution in [2.24, 2.45) is 17.8 Å². The Balaban J connectivity index is 1.43. The summed E-state index contributed by atoms with van der Waals surface area (Å²) in [5.74, 6) is 2.38. The van der Waals surface area contributed by atoms with Gasteiger partial charge in [0.1, 0.15) is 0 Å². The van der Waals surface area contributed by atoms with Gasteiger partial charge in [0, 0.05) is 38.4 Å². The average molecular weight is 344 g/mol. The molecule has 2 amide bonds. The van der Waals surface area contributed by atoms with Crippen LogP contribution in [0.25, 0.3) is 0 Å². The Kier molecular flexibility index (Phi) is 6.00. The number of hydrogen-bond acceptors (Lipinski definition) is 2. The molecule has 4 heteroatoms.